The van der Waals surface area contributed by atoms with E-state index in [2.05, 4.69) is 9.97 Å². The maximum atomic E-state index is 12.1. The van der Waals surface area contributed by atoms with Crippen molar-refractivity contribution in [3.8, 4) is 5.82 Å². The van der Waals surface area contributed by atoms with Crippen molar-refractivity contribution in [3.05, 3.63) is 64.5 Å². The van der Waals surface area contributed by atoms with E-state index in [1.807, 2.05) is 18.4 Å². The van der Waals surface area contributed by atoms with Crippen LogP contribution in [-0.2, 0) is 11.3 Å². The number of rotatable bonds is 4. The summed E-state index contributed by atoms with van der Waals surface area (Å²) in [6.07, 6.45) is 6.65. The Bertz CT molecular complexity index is 750. The highest BCUT2D eigenvalue weighted by atomic mass is 32.1. The standard InChI is InChI=1S/C15H13N3O2S/c1-11-3-7-21-13(11)9-20-15(19)12-2-4-17-14(8-12)18-6-5-16-10-18/h2-8,10H,9H2,1H3. The molecule has 3 rings (SSSR count). The Balaban J connectivity index is 1.73. The summed E-state index contributed by atoms with van der Waals surface area (Å²) in [7, 11) is 0. The van der Waals surface area contributed by atoms with Gasteiger partial charge in [-0.15, -0.1) is 11.3 Å². The Morgan fingerprint density at radius 1 is 1.38 bits per heavy atom. The molecule has 0 amide bonds. The van der Waals surface area contributed by atoms with Crippen LogP contribution in [0.25, 0.3) is 5.82 Å². The molecular formula is C15H13N3O2S. The fourth-order valence-corrected chi connectivity index (χ4v) is 2.66. The molecule has 0 atom stereocenters. The average molecular weight is 299 g/mol. The van der Waals surface area contributed by atoms with Crippen molar-refractivity contribution in [1.82, 2.24) is 14.5 Å². The number of imidazole rings is 1. The van der Waals surface area contributed by atoms with Gasteiger partial charge in [0.2, 0.25) is 0 Å². The highest BCUT2D eigenvalue weighted by Crippen LogP contribution is 2.17. The highest BCUT2D eigenvalue weighted by molar-refractivity contribution is 7.10. The lowest BCUT2D eigenvalue weighted by Crippen LogP contribution is -2.06. The zero-order valence-corrected chi connectivity index (χ0v) is 12.2. The fourth-order valence-electron chi connectivity index (χ4n) is 1.85. The minimum atomic E-state index is -0.355. The molecule has 0 N–H and O–H groups in total. The van der Waals surface area contributed by atoms with Crippen LogP contribution in [-0.4, -0.2) is 20.5 Å². The molecule has 21 heavy (non-hydrogen) atoms. The average Bonchev–Trinajstić information content (AvgIpc) is 3.16. The highest BCUT2D eigenvalue weighted by Gasteiger charge is 2.10. The van der Waals surface area contributed by atoms with Gasteiger partial charge in [0.05, 0.1) is 5.56 Å². The van der Waals surface area contributed by atoms with Gasteiger partial charge in [0.25, 0.3) is 0 Å². The lowest BCUT2D eigenvalue weighted by atomic mass is 10.2. The molecule has 5 nitrogen and oxygen atoms in total. The van der Waals surface area contributed by atoms with Crippen LogP contribution >= 0.6 is 11.3 Å². The second kappa shape index (κ2) is 5.88. The number of carbonyl (C=O) groups excluding carboxylic acids is 1. The van der Waals surface area contributed by atoms with Crippen LogP contribution in [0.1, 0.15) is 20.8 Å². The van der Waals surface area contributed by atoms with E-state index in [1.165, 1.54) is 0 Å². The summed E-state index contributed by atoms with van der Waals surface area (Å²) in [6.45, 7) is 2.30. The number of nitrogens with zero attached hydrogens (tertiary/aromatic N) is 3. The first-order chi connectivity index (χ1) is 10.2. The molecule has 0 bridgehead atoms. The van der Waals surface area contributed by atoms with Crippen molar-refractivity contribution in [2.24, 2.45) is 0 Å². The Labute approximate surface area is 125 Å². The third kappa shape index (κ3) is 3.00. The maximum Gasteiger partial charge on any atom is 0.338 e. The lowest BCUT2D eigenvalue weighted by Gasteiger charge is -2.06. The Morgan fingerprint density at radius 2 is 2.29 bits per heavy atom. The van der Waals surface area contributed by atoms with Gasteiger partial charge in [-0.25, -0.2) is 14.8 Å². The zero-order chi connectivity index (χ0) is 14.7. The summed E-state index contributed by atoms with van der Waals surface area (Å²) >= 11 is 1.59. The van der Waals surface area contributed by atoms with Crippen molar-refractivity contribution in [1.29, 1.82) is 0 Å². The minimum Gasteiger partial charge on any atom is -0.456 e. The summed E-state index contributed by atoms with van der Waals surface area (Å²) in [4.78, 5) is 21.3. The third-order valence-corrected chi connectivity index (χ3v) is 4.05. The summed E-state index contributed by atoms with van der Waals surface area (Å²) in [5.74, 6) is 0.279. The minimum absolute atomic E-state index is 0.297. The lowest BCUT2D eigenvalue weighted by molar-refractivity contribution is 0.0476. The molecule has 3 aromatic heterocycles. The number of aromatic nitrogens is 3. The molecule has 6 heteroatoms. The van der Waals surface area contributed by atoms with Gasteiger partial charge < -0.3 is 4.74 Å². The van der Waals surface area contributed by atoms with E-state index in [0.29, 0.717) is 18.0 Å². The predicted molar refractivity (Wildman–Crippen MR) is 79.5 cm³/mol. The molecule has 0 spiro atoms. The van der Waals surface area contributed by atoms with Crippen LogP contribution in [0, 0.1) is 6.92 Å². The Kier molecular flexibility index (Phi) is 3.79. The van der Waals surface area contributed by atoms with E-state index in [-0.39, 0.29) is 5.97 Å². The summed E-state index contributed by atoms with van der Waals surface area (Å²) in [5.41, 5.74) is 1.62. The van der Waals surface area contributed by atoms with E-state index < -0.39 is 0 Å². The SMILES string of the molecule is Cc1ccsc1COC(=O)c1ccnc(-n2ccnc2)c1. The van der Waals surface area contributed by atoms with Gasteiger partial charge in [-0.1, -0.05) is 0 Å². The zero-order valence-electron chi connectivity index (χ0n) is 11.4. The smallest absolute Gasteiger partial charge is 0.338 e. The molecule has 0 saturated heterocycles. The van der Waals surface area contributed by atoms with Gasteiger partial charge in [-0.05, 0) is 36.1 Å². The molecule has 0 radical (unpaired) electrons. The van der Waals surface area contributed by atoms with Gasteiger partial charge in [0.15, 0.2) is 0 Å². The molecule has 3 heterocycles. The van der Waals surface area contributed by atoms with Crippen LogP contribution in [0.3, 0.4) is 0 Å². The first kappa shape index (κ1) is 13.5. The number of aryl methyl sites for hydroxylation is 1. The van der Waals surface area contributed by atoms with Crippen molar-refractivity contribution < 1.29 is 9.53 Å². The molecule has 0 aliphatic rings. The first-order valence-corrected chi connectivity index (χ1v) is 7.26. The molecule has 0 aliphatic carbocycles. The van der Waals surface area contributed by atoms with E-state index in [9.17, 15) is 4.79 Å². The molecule has 3 aromatic rings. The predicted octanol–water partition coefficient (Wildman–Crippen LogP) is 2.99. The summed E-state index contributed by atoms with van der Waals surface area (Å²) in [5, 5.41) is 1.99. The molecule has 0 aromatic carbocycles. The van der Waals surface area contributed by atoms with Crippen LogP contribution in [0.5, 0.6) is 0 Å². The van der Waals surface area contributed by atoms with Gasteiger partial charge in [0, 0.05) is 23.5 Å². The summed E-state index contributed by atoms with van der Waals surface area (Å²) in [6, 6.07) is 5.34. The van der Waals surface area contributed by atoms with Crippen LogP contribution in [0.2, 0.25) is 0 Å². The molecule has 0 aliphatic heterocycles. The van der Waals surface area contributed by atoms with E-state index >= 15 is 0 Å². The number of thiophene rings is 1. The van der Waals surface area contributed by atoms with Crippen LogP contribution < -0.4 is 0 Å². The molecule has 0 saturated carbocycles. The number of pyridine rings is 1. The van der Waals surface area contributed by atoms with Crippen LogP contribution in [0.15, 0.2) is 48.5 Å². The van der Waals surface area contributed by atoms with Gasteiger partial charge in [0.1, 0.15) is 18.8 Å². The third-order valence-electron chi connectivity index (χ3n) is 3.05. The van der Waals surface area contributed by atoms with Gasteiger partial charge >= 0.3 is 5.97 Å². The van der Waals surface area contributed by atoms with Crippen molar-refractivity contribution in [3.63, 3.8) is 0 Å². The van der Waals surface area contributed by atoms with Crippen molar-refractivity contribution >= 4 is 17.3 Å². The molecule has 0 fully saturated rings. The van der Waals surface area contributed by atoms with Crippen molar-refractivity contribution in [2.75, 3.05) is 0 Å². The van der Waals surface area contributed by atoms with E-state index in [0.717, 1.165) is 10.4 Å². The topological polar surface area (TPSA) is 57.0 Å². The first-order valence-electron chi connectivity index (χ1n) is 6.38. The monoisotopic (exact) mass is 299 g/mol. The number of carbonyl (C=O) groups is 1. The summed E-state index contributed by atoms with van der Waals surface area (Å²) < 4.78 is 7.08. The molecule has 0 unspecified atom stereocenters. The number of esters is 1. The van der Waals surface area contributed by atoms with Crippen molar-refractivity contribution in [2.45, 2.75) is 13.5 Å². The number of hydrogen-bond donors (Lipinski definition) is 0. The normalized spacial score (nSPS) is 10.5. The second-order valence-electron chi connectivity index (χ2n) is 4.48. The largest absolute Gasteiger partial charge is 0.456 e. The number of hydrogen-bond acceptors (Lipinski definition) is 5. The quantitative estimate of drug-likeness (QED) is 0.695. The molecule has 106 valence electrons. The Morgan fingerprint density at radius 3 is 3.00 bits per heavy atom. The maximum absolute atomic E-state index is 12.1. The van der Waals surface area contributed by atoms with E-state index in [1.54, 1.807) is 53.0 Å². The Hall–Kier alpha value is -2.47. The second-order valence-corrected chi connectivity index (χ2v) is 5.48. The van der Waals surface area contributed by atoms with E-state index in [4.69, 9.17) is 4.74 Å². The fraction of sp³-hybridized carbons (Fsp3) is 0.133. The van der Waals surface area contributed by atoms with Crippen LogP contribution in [0.4, 0.5) is 0 Å². The molecular weight excluding hydrogens is 286 g/mol. The number of ether oxygens (including phenoxy) is 1. The van der Waals surface area contributed by atoms with Gasteiger partial charge in [-0.2, -0.15) is 0 Å². The van der Waals surface area contributed by atoms with Gasteiger partial charge in [-0.3, -0.25) is 4.57 Å².